The van der Waals surface area contributed by atoms with E-state index < -0.39 is 22.7 Å². The summed E-state index contributed by atoms with van der Waals surface area (Å²) in [6.07, 6.45) is 3.10. The molecule has 2 aliphatic carbocycles. The molecule has 0 bridgehead atoms. The number of benzene rings is 1. The molecule has 0 saturated heterocycles. The Bertz CT molecular complexity index is 787. The highest BCUT2D eigenvalue weighted by Crippen LogP contribution is 2.36. The van der Waals surface area contributed by atoms with Gasteiger partial charge in [-0.05, 0) is 42.4 Å². The number of rotatable bonds is 7. The molecule has 0 spiro atoms. The van der Waals surface area contributed by atoms with Crippen molar-refractivity contribution in [2.24, 2.45) is 17.8 Å². The lowest BCUT2D eigenvalue weighted by atomic mass is 9.88. The minimum Gasteiger partial charge on any atom is -0.457 e. The fourth-order valence-electron chi connectivity index (χ4n) is 4.21. The molecule has 0 radical (unpaired) electrons. The molecule has 0 N–H and O–H groups in total. The second-order valence-electron chi connectivity index (χ2n) is 7.56. The van der Waals surface area contributed by atoms with Crippen LogP contribution < -0.4 is 0 Å². The highest BCUT2D eigenvalue weighted by molar-refractivity contribution is 5.98. The fourth-order valence-corrected chi connectivity index (χ4v) is 4.21. The average molecular weight is 373 g/mol. The SMILES string of the molecule is C[C@H]1CC(=O)[C@H](CC(=O)OCC(=O)c2ccc3c(c2)CCC3)[C@@H]1C[N+](=O)[O-]. The second-order valence-corrected chi connectivity index (χ2v) is 7.56. The Morgan fingerprint density at radius 1 is 1.26 bits per heavy atom. The zero-order chi connectivity index (χ0) is 19.6. The van der Waals surface area contributed by atoms with E-state index in [2.05, 4.69) is 0 Å². The lowest BCUT2D eigenvalue weighted by Gasteiger charge is -2.17. The number of Topliss-reactive ketones (excluding diaryl/α,β-unsaturated/α-hetero) is 2. The van der Waals surface area contributed by atoms with Gasteiger partial charge in [0, 0.05) is 28.7 Å². The molecular formula is C20H23NO6. The smallest absolute Gasteiger partial charge is 0.306 e. The average Bonchev–Trinajstić information content (AvgIpc) is 3.18. The van der Waals surface area contributed by atoms with Gasteiger partial charge in [-0.1, -0.05) is 19.1 Å². The number of esters is 1. The molecule has 0 aliphatic heterocycles. The van der Waals surface area contributed by atoms with Crippen LogP contribution in [0.25, 0.3) is 0 Å². The molecule has 3 rings (SSSR count). The maximum absolute atomic E-state index is 12.3. The van der Waals surface area contributed by atoms with Gasteiger partial charge in [0.05, 0.1) is 6.42 Å². The Labute approximate surface area is 157 Å². The standard InChI is InChI=1S/C20H23NO6/c1-12-7-18(22)16(17(12)10-21(25)26)9-20(24)27-11-19(23)15-6-5-13-3-2-4-14(13)8-15/h5-6,8,12,16-17H,2-4,7,9-11H2,1H3/t12-,16+,17+/m0/s1. The van der Waals surface area contributed by atoms with Crippen molar-refractivity contribution >= 4 is 17.5 Å². The van der Waals surface area contributed by atoms with Crippen molar-refractivity contribution in [2.45, 2.75) is 39.0 Å². The number of hydrogen-bond donors (Lipinski definition) is 0. The fraction of sp³-hybridized carbons (Fsp3) is 0.550. The molecular weight excluding hydrogens is 350 g/mol. The van der Waals surface area contributed by atoms with Gasteiger partial charge in [0.25, 0.3) is 0 Å². The zero-order valence-electron chi connectivity index (χ0n) is 15.3. The Morgan fingerprint density at radius 3 is 2.74 bits per heavy atom. The van der Waals surface area contributed by atoms with Gasteiger partial charge in [-0.3, -0.25) is 24.5 Å². The number of ketones is 2. The highest BCUT2D eigenvalue weighted by Gasteiger charge is 2.44. The minimum atomic E-state index is -0.701. The van der Waals surface area contributed by atoms with Crippen LogP contribution in [-0.4, -0.2) is 35.6 Å². The molecule has 0 unspecified atom stereocenters. The third-order valence-corrected chi connectivity index (χ3v) is 5.72. The van der Waals surface area contributed by atoms with Crippen molar-refractivity contribution < 1.29 is 24.0 Å². The quantitative estimate of drug-likeness (QED) is 0.315. The van der Waals surface area contributed by atoms with E-state index in [9.17, 15) is 24.5 Å². The van der Waals surface area contributed by atoms with Crippen LogP contribution in [-0.2, 0) is 27.2 Å². The first kappa shape index (κ1) is 19.2. The molecule has 3 atom stereocenters. The first-order valence-corrected chi connectivity index (χ1v) is 9.30. The summed E-state index contributed by atoms with van der Waals surface area (Å²) >= 11 is 0. The summed E-state index contributed by atoms with van der Waals surface area (Å²) in [5.74, 6) is -2.39. The van der Waals surface area contributed by atoms with E-state index >= 15 is 0 Å². The largest absolute Gasteiger partial charge is 0.457 e. The van der Waals surface area contributed by atoms with Gasteiger partial charge >= 0.3 is 5.97 Å². The van der Waals surface area contributed by atoms with Crippen LogP contribution in [0.5, 0.6) is 0 Å². The van der Waals surface area contributed by atoms with Crippen LogP contribution in [0.3, 0.4) is 0 Å². The van der Waals surface area contributed by atoms with Gasteiger partial charge in [0.15, 0.2) is 12.4 Å². The summed E-state index contributed by atoms with van der Waals surface area (Å²) in [5, 5.41) is 10.8. The second kappa shape index (κ2) is 7.98. The monoisotopic (exact) mass is 373 g/mol. The molecule has 7 heteroatoms. The number of aryl methyl sites for hydroxylation is 2. The van der Waals surface area contributed by atoms with Crippen LogP contribution in [0.1, 0.15) is 47.7 Å². The number of carbonyl (C=O) groups is 3. The number of nitrogens with zero attached hydrogens (tertiary/aromatic N) is 1. The van der Waals surface area contributed by atoms with Gasteiger partial charge in [0.1, 0.15) is 5.78 Å². The zero-order valence-corrected chi connectivity index (χ0v) is 15.3. The van der Waals surface area contributed by atoms with Crippen LogP contribution in [0.2, 0.25) is 0 Å². The van der Waals surface area contributed by atoms with Crippen molar-refractivity contribution in [3.8, 4) is 0 Å². The summed E-state index contributed by atoms with van der Waals surface area (Å²) in [7, 11) is 0. The molecule has 0 aromatic heterocycles. The Kier molecular flexibility index (Phi) is 5.68. The van der Waals surface area contributed by atoms with Crippen LogP contribution in [0.4, 0.5) is 0 Å². The summed E-state index contributed by atoms with van der Waals surface area (Å²) in [6, 6.07) is 5.54. The Balaban J connectivity index is 1.55. The number of nitro groups is 1. The van der Waals surface area contributed by atoms with E-state index in [0.29, 0.717) is 5.56 Å². The molecule has 27 heavy (non-hydrogen) atoms. The van der Waals surface area contributed by atoms with E-state index in [-0.39, 0.29) is 43.5 Å². The number of carbonyl (C=O) groups excluding carboxylic acids is 3. The van der Waals surface area contributed by atoms with E-state index in [1.165, 1.54) is 11.1 Å². The van der Waals surface area contributed by atoms with Gasteiger partial charge in [-0.2, -0.15) is 0 Å². The topological polar surface area (TPSA) is 104 Å². The van der Waals surface area contributed by atoms with E-state index in [1.807, 2.05) is 12.1 Å². The van der Waals surface area contributed by atoms with Crippen molar-refractivity contribution in [3.63, 3.8) is 0 Å². The molecule has 1 saturated carbocycles. The molecule has 7 nitrogen and oxygen atoms in total. The maximum Gasteiger partial charge on any atom is 0.306 e. The molecule has 0 amide bonds. The molecule has 1 fully saturated rings. The van der Waals surface area contributed by atoms with Crippen LogP contribution >= 0.6 is 0 Å². The van der Waals surface area contributed by atoms with Crippen LogP contribution in [0.15, 0.2) is 18.2 Å². The summed E-state index contributed by atoms with van der Waals surface area (Å²) in [5.41, 5.74) is 2.94. The van der Waals surface area contributed by atoms with E-state index in [0.717, 1.165) is 19.3 Å². The van der Waals surface area contributed by atoms with Gasteiger partial charge in [-0.15, -0.1) is 0 Å². The van der Waals surface area contributed by atoms with E-state index in [1.54, 1.807) is 13.0 Å². The van der Waals surface area contributed by atoms with Crippen molar-refractivity contribution in [1.82, 2.24) is 0 Å². The number of fused-ring (bicyclic) bond motifs is 1. The van der Waals surface area contributed by atoms with Crippen LogP contribution in [0, 0.1) is 27.9 Å². The maximum atomic E-state index is 12.3. The molecule has 1 aromatic carbocycles. The number of ether oxygens (including phenoxy) is 1. The lowest BCUT2D eigenvalue weighted by Crippen LogP contribution is -2.28. The normalized spacial score (nSPS) is 23.9. The summed E-state index contributed by atoms with van der Waals surface area (Å²) < 4.78 is 5.07. The Hall–Kier alpha value is -2.57. The predicted molar refractivity (Wildman–Crippen MR) is 96.0 cm³/mol. The predicted octanol–water partition coefficient (Wildman–Crippen LogP) is 2.41. The highest BCUT2D eigenvalue weighted by atomic mass is 16.6. The molecule has 0 heterocycles. The van der Waals surface area contributed by atoms with Gasteiger partial charge in [-0.25, -0.2) is 0 Å². The van der Waals surface area contributed by atoms with Crippen molar-refractivity contribution in [3.05, 3.63) is 45.0 Å². The van der Waals surface area contributed by atoms with Gasteiger partial charge < -0.3 is 4.74 Å². The lowest BCUT2D eigenvalue weighted by molar-refractivity contribution is -0.490. The number of hydrogen-bond acceptors (Lipinski definition) is 6. The molecule has 2 aliphatic rings. The van der Waals surface area contributed by atoms with Crippen molar-refractivity contribution in [2.75, 3.05) is 13.2 Å². The third-order valence-electron chi connectivity index (χ3n) is 5.72. The van der Waals surface area contributed by atoms with E-state index in [4.69, 9.17) is 4.74 Å². The first-order chi connectivity index (χ1) is 12.8. The van der Waals surface area contributed by atoms with Crippen molar-refractivity contribution in [1.29, 1.82) is 0 Å². The minimum absolute atomic E-state index is 0.131. The van der Waals surface area contributed by atoms with Gasteiger partial charge in [0.2, 0.25) is 6.54 Å². The molecule has 144 valence electrons. The summed E-state index contributed by atoms with van der Waals surface area (Å²) in [4.78, 5) is 46.8. The third kappa shape index (κ3) is 4.40. The summed E-state index contributed by atoms with van der Waals surface area (Å²) in [6.45, 7) is 1.07. The molecule has 1 aromatic rings. The Morgan fingerprint density at radius 2 is 2.00 bits per heavy atom. The first-order valence-electron chi connectivity index (χ1n) is 9.30.